The van der Waals surface area contributed by atoms with Crippen LogP contribution in [0.3, 0.4) is 0 Å². The zero-order valence-corrected chi connectivity index (χ0v) is 9.54. The molecule has 0 amide bonds. The van der Waals surface area contributed by atoms with Crippen molar-refractivity contribution in [2.45, 2.75) is 70.8 Å². The molecule has 0 aliphatic carbocycles. The Bertz CT molecular complexity index is 104. The van der Waals surface area contributed by atoms with Gasteiger partial charge in [-0.3, -0.25) is 0 Å². The average Bonchev–Trinajstić information content (AvgIpc) is 2.18. The van der Waals surface area contributed by atoms with Crippen molar-refractivity contribution in [1.82, 2.24) is 0 Å². The van der Waals surface area contributed by atoms with Crippen LogP contribution < -0.4 is 0 Å². The quantitative estimate of drug-likeness (QED) is 0.535. The van der Waals surface area contributed by atoms with E-state index in [1.165, 1.54) is 25.7 Å². The summed E-state index contributed by atoms with van der Waals surface area (Å²) in [6.45, 7) is 2.47. The minimum Gasteiger partial charge on any atom is -0.396 e. The molecule has 0 radical (unpaired) electrons. The average molecular weight is 202 g/mol. The Kier molecular flexibility index (Phi) is 10.9. The molecule has 0 aromatic rings. The van der Waals surface area contributed by atoms with Crippen LogP contribution in [0, 0.1) is 0 Å². The summed E-state index contributed by atoms with van der Waals surface area (Å²) in [4.78, 5) is 0. The lowest BCUT2D eigenvalue weighted by Crippen LogP contribution is -2.06. The molecule has 0 aromatic carbocycles. The van der Waals surface area contributed by atoms with Crippen molar-refractivity contribution in [3.63, 3.8) is 0 Å². The van der Waals surface area contributed by atoms with Crippen LogP contribution in [-0.4, -0.2) is 22.9 Å². The van der Waals surface area contributed by atoms with Gasteiger partial charge in [0.15, 0.2) is 0 Å². The summed E-state index contributed by atoms with van der Waals surface area (Å²) >= 11 is 0. The van der Waals surface area contributed by atoms with Gasteiger partial charge in [0.1, 0.15) is 0 Å². The summed E-state index contributed by atoms with van der Waals surface area (Å²) in [7, 11) is 0. The van der Waals surface area contributed by atoms with Crippen LogP contribution in [0.25, 0.3) is 0 Å². The number of hydrogen-bond acceptors (Lipinski definition) is 2. The van der Waals surface area contributed by atoms with Gasteiger partial charge < -0.3 is 10.2 Å². The van der Waals surface area contributed by atoms with Crippen molar-refractivity contribution in [2.75, 3.05) is 6.61 Å². The van der Waals surface area contributed by atoms with Crippen LogP contribution in [0.1, 0.15) is 64.7 Å². The minimum absolute atomic E-state index is 0.136. The van der Waals surface area contributed by atoms with Gasteiger partial charge in [-0.05, 0) is 25.7 Å². The van der Waals surface area contributed by atoms with Crippen LogP contribution in [-0.2, 0) is 0 Å². The van der Waals surface area contributed by atoms with Gasteiger partial charge in [-0.15, -0.1) is 0 Å². The SMILES string of the molecule is CCCCCCCC(O)CCCCO. The predicted molar refractivity (Wildman–Crippen MR) is 60.3 cm³/mol. The first kappa shape index (κ1) is 13.9. The second-order valence-corrected chi connectivity index (χ2v) is 4.08. The molecule has 0 bridgehead atoms. The van der Waals surface area contributed by atoms with Crippen molar-refractivity contribution in [1.29, 1.82) is 0 Å². The zero-order chi connectivity index (χ0) is 10.6. The molecule has 0 fully saturated rings. The normalized spacial score (nSPS) is 13.1. The fraction of sp³-hybridized carbons (Fsp3) is 1.00. The highest BCUT2D eigenvalue weighted by Crippen LogP contribution is 2.11. The summed E-state index contributed by atoms with van der Waals surface area (Å²) in [5.41, 5.74) is 0. The lowest BCUT2D eigenvalue weighted by atomic mass is 10.0. The van der Waals surface area contributed by atoms with E-state index in [4.69, 9.17) is 5.11 Å². The molecule has 0 aromatic heterocycles. The molecule has 14 heavy (non-hydrogen) atoms. The first-order valence-electron chi connectivity index (χ1n) is 6.10. The van der Waals surface area contributed by atoms with Gasteiger partial charge in [0.25, 0.3) is 0 Å². The molecule has 2 nitrogen and oxygen atoms in total. The maximum Gasteiger partial charge on any atom is 0.0540 e. The lowest BCUT2D eigenvalue weighted by molar-refractivity contribution is 0.144. The first-order chi connectivity index (χ1) is 6.81. The summed E-state index contributed by atoms with van der Waals surface area (Å²) < 4.78 is 0. The molecule has 2 heteroatoms. The van der Waals surface area contributed by atoms with Crippen molar-refractivity contribution >= 4 is 0 Å². The molecular weight excluding hydrogens is 176 g/mol. The summed E-state index contributed by atoms with van der Waals surface area (Å²) in [6.07, 6.45) is 9.75. The highest BCUT2D eigenvalue weighted by Gasteiger charge is 2.02. The topological polar surface area (TPSA) is 40.5 Å². The Morgan fingerprint density at radius 3 is 2.00 bits per heavy atom. The molecule has 2 N–H and O–H groups in total. The van der Waals surface area contributed by atoms with E-state index in [0.717, 1.165) is 32.1 Å². The molecule has 0 heterocycles. The smallest absolute Gasteiger partial charge is 0.0540 e. The van der Waals surface area contributed by atoms with Crippen LogP contribution >= 0.6 is 0 Å². The van der Waals surface area contributed by atoms with Crippen molar-refractivity contribution in [2.24, 2.45) is 0 Å². The van der Waals surface area contributed by atoms with Gasteiger partial charge in [-0.25, -0.2) is 0 Å². The number of hydrogen-bond donors (Lipinski definition) is 2. The predicted octanol–water partition coefficient (Wildman–Crippen LogP) is 2.87. The van der Waals surface area contributed by atoms with E-state index in [-0.39, 0.29) is 12.7 Å². The van der Waals surface area contributed by atoms with Gasteiger partial charge >= 0.3 is 0 Å². The molecule has 0 saturated carbocycles. The fourth-order valence-corrected chi connectivity index (χ4v) is 1.62. The minimum atomic E-state index is -0.136. The number of rotatable bonds is 10. The van der Waals surface area contributed by atoms with E-state index in [1.807, 2.05) is 0 Å². The fourth-order valence-electron chi connectivity index (χ4n) is 1.62. The summed E-state index contributed by atoms with van der Waals surface area (Å²) in [5, 5.41) is 18.1. The van der Waals surface area contributed by atoms with Crippen LogP contribution in [0.2, 0.25) is 0 Å². The highest BCUT2D eigenvalue weighted by molar-refractivity contribution is 4.56. The molecular formula is C12H26O2. The molecule has 0 saturated heterocycles. The molecule has 0 spiro atoms. The highest BCUT2D eigenvalue weighted by atomic mass is 16.3. The molecule has 0 aliphatic rings. The van der Waals surface area contributed by atoms with Gasteiger partial charge in [0.05, 0.1) is 6.10 Å². The van der Waals surface area contributed by atoms with E-state index < -0.39 is 0 Å². The van der Waals surface area contributed by atoms with E-state index in [0.29, 0.717) is 0 Å². The van der Waals surface area contributed by atoms with Crippen LogP contribution in [0.15, 0.2) is 0 Å². The molecule has 86 valence electrons. The molecule has 1 atom stereocenters. The Hall–Kier alpha value is -0.0800. The summed E-state index contributed by atoms with van der Waals surface area (Å²) in [6, 6.07) is 0. The van der Waals surface area contributed by atoms with Crippen LogP contribution in [0.5, 0.6) is 0 Å². The second-order valence-electron chi connectivity index (χ2n) is 4.08. The third-order valence-electron chi connectivity index (χ3n) is 2.59. The maximum absolute atomic E-state index is 9.55. The Labute approximate surface area is 88.3 Å². The maximum atomic E-state index is 9.55. The van der Waals surface area contributed by atoms with Crippen molar-refractivity contribution in [3.05, 3.63) is 0 Å². The Balaban J connectivity index is 3.06. The van der Waals surface area contributed by atoms with E-state index >= 15 is 0 Å². The Morgan fingerprint density at radius 1 is 0.857 bits per heavy atom. The van der Waals surface area contributed by atoms with Crippen molar-refractivity contribution in [3.8, 4) is 0 Å². The number of aliphatic hydroxyl groups excluding tert-OH is 2. The summed E-state index contributed by atoms with van der Waals surface area (Å²) in [5.74, 6) is 0. The van der Waals surface area contributed by atoms with Crippen molar-refractivity contribution < 1.29 is 10.2 Å². The van der Waals surface area contributed by atoms with E-state index in [1.54, 1.807) is 0 Å². The van der Waals surface area contributed by atoms with Gasteiger partial charge in [-0.2, -0.15) is 0 Å². The second kappa shape index (κ2) is 11.0. The zero-order valence-electron chi connectivity index (χ0n) is 9.54. The third-order valence-corrected chi connectivity index (χ3v) is 2.59. The lowest BCUT2D eigenvalue weighted by Gasteiger charge is -2.09. The molecule has 0 rings (SSSR count). The molecule has 0 aliphatic heterocycles. The van der Waals surface area contributed by atoms with E-state index in [2.05, 4.69) is 6.92 Å². The van der Waals surface area contributed by atoms with E-state index in [9.17, 15) is 5.11 Å². The number of aliphatic hydroxyl groups is 2. The monoisotopic (exact) mass is 202 g/mol. The standard InChI is InChI=1S/C12H26O2/c1-2-3-4-5-6-9-12(14)10-7-8-11-13/h12-14H,2-11H2,1H3. The Morgan fingerprint density at radius 2 is 1.43 bits per heavy atom. The van der Waals surface area contributed by atoms with Gasteiger partial charge in [-0.1, -0.05) is 39.0 Å². The largest absolute Gasteiger partial charge is 0.396 e. The third kappa shape index (κ3) is 10.0. The number of unbranched alkanes of at least 4 members (excludes halogenated alkanes) is 5. The van der Waals surface area contributed by atoms with Gasteiger partial charge in [0.2, 0.25) is 0 Å². The van der Waals surface area contributed by atoms with Crippen LogP contribution in [0.4, 0.5) is 0 Å². The molecule has 1 unspecified atom stereocenters. The van der Waals surface area contributed by atoms with Gasteiger partial charge in [0, 0.05) is 6.61 Å². The first-order valence-corrected chi connectivity index (χ1v) is 6.10.